The van der Waals surface area contributed by atoms with Gasteiger partial charge in [0.2, 0.25) is 0 Å². The zero-order chi connectivity index (χ0) is 12.2. The van der Waals surface area contributed by atoms with Gasteiger partial charge in [-0.1, -0.05) is 30.3 Å². The summed E-state index contributed by atoms with van der Waals surface area (Å²) in [6.07, 6.45) is 3.31. The van der Waals surface area contributed by atoms with Gasteiger partial charge in [0.05, 0.1) is 12.7 Å². The molecule has 3 heteroatoms. The van der Waals surface area contributed by atoms with Crippen LogP contribution in [0.5, 0.6) is 0 Å². The fourth-order valence-corrected chi connectivity index (χ4v) is 1.16. The van der Waals surface area contributed by atoms with Crippen LogP contribution in [0.25, 0.3) is 0 Å². The van der Waals surface area contributed by atoms with E-state index in [0.717, 1.165) is 24.2 Å². The van der Waals surface area contributed by atoms with Gasteiger partial charge in [0.1, 0.15) is 6.29 Å². The van der Waals surface area contributed by atoms with E-state index in [4.69, 9.17) is 4.74 Å². The lowest BCUT2D eigenvalue weighted by Gasteiger charge is -2.04. The van der Waals surface area contributed by atoms with Crippen molar-refractivity contribution in [3.05, 3.63) is 35.9 Å². The van der Waals surface area contributed by atoms with Crippen molar-refractivity contribution in [1.82, 2.24) is 0 Å². The van der Waals surface area contributed by atoms with Crippen molar-refractivity contribution < 1.29 is 9.53 Å². The second-order valence-corrected chi connectivity index (χ2v) is 4.43. The van der Waals surface area contributed by atoms with Crippen molar-refractivity contribution in [3.63, 3.8) is 0 Å². The van der Waals surface area contributed by atoms with Crippen LogP contribution in [0.15, 0.2) is 30.3 Å². The summed E-state index contributed by atoms with van der Waals surface area (Å²) >= 11 is 1.82. The summed E-state index contributed by atoms with van der Waals surface area (Å²) in [6.45, 7) is 5.00. The predicted octanol–water partition coefficient (Wildman–Crippen LogP) is 3.27. The summed E-state index contributed by atoms with van der Waals surface area (Å²) in [5, 5.41) is 0. The third-order valence-corrected chi connectivity index (χ3v) is 2.25. The summed E-state index contributed by atoms with van der Waals surface area (Å²) in [5.41, 5.74) is 0.729. The Balaban J connectivity index is 0.000000281. The van der Waals surface area contributed by atoms with Gasteiger partial charge in [-0.25, -0.2) is 0 Å². The molecule has 0 saturated heterocycles. The number of thioether (sulfide) groups is 1. The first kappa shape index (κ1) is 15.2. The minimum absolute atomic E-state index is 0.391. The molecule has 0 radical (unpaired) electrons. The molecule has 90 valence electrons. The first-order valence-corrected chi connectivity index (χ1v) is 6.70. The van der Waals surface area contributed by atoms with Crippen LogP contribution < -0.4 is 0 Å². The van der Waals surface area contributed by atoms with E-state index in [2.05, 4.69) is 20.1 Å². The van der Waals surface area contributed by atoms with Crippen LogP contribution in [-0.4, -0.2) is 31.0 Å². The maximum absolute atomic E-state index is 10.0. The van der Waals surface area contributed by atoms with Crippen molar-refractivity contribution in [2.24, 2.45) is 0 Å². The zero-order valence-corrected chi connectivity index (χ0v) is 11.0. The fourth-order valence-electron chi connectivity index (χ4n) is 0.899. The quantitative estimate of drug-likeness (QED) is 0.583. The fraction of sp³-hybridized carbons (Fsp3) is 0.462. The maximum atomic E-state index is 10.0. The summed E-state index contributed by atoms with van der Waals surface area (Å²) in [6, 6.07) is 9.10. The first-order chi connectivity index (χ1) is 7.70. The Morgan fingerprint density at radius 1 is 1.31 bits per heavy atom. The van der Waals surface area contributed by atoms with Crippen LogP contribution in [0.2, 0.25) is 0 Å². The molecule has 0 heterocycles. The highest BCUT2D eigenvalue weighted by Gasteiger charge is 1.89. The smallest absolute Gasteiger partial charge is 0.150 e. The first-order valence-electron chi connectivity index (χ1n) is 5.31. The van der Waals surface area contributed by atoms with E-state index in [0.29, 0.717) is 6.10 Å². The molecule has 0 amide bonds. The van der Waals surface area contributed by atoms with Crippen LogP contribution in [-0.2, 0) is 4.74 Å². The zero-order valence-electron chi connectivity index (χ0n) is 10.2. The molecule has 0 saturated carbocycles. The Hall–Kier alpha value is -0.800. The third-order valence-electron chi connectivity index (χ3n) is 1.67. The summed E-state index contributed by atoms with van der Waals surface area (Å²) < 4.78 is 5.26. The van der Waals surface area contributed by atoms with Crippen molar-refractivity contribution in [2.75, 3.05) is 18.6 Å². The minimum Gasteiger partial charge on any atom is -0.378 e. The maximum Gasteiger partial charge on any atom is 0.150 e. The van der Waals surface area contributed by atoms with Crippen LogP contribution in [0, 0.1) is 0 Å². The van der Waals surface area contributed by atoms with Crippen molar-refractivity contribution in [1.29, 1.82) is 0 Å². The van der Waals surface area contributed by atoms with Crippen LogP contribution in [0.3, 0.4) is 0 Å². The molecule has 0 aliphatic heterocycles. The van der Waals surface area contributed by atoms with Crippen LogP contribution >= 0.6 is 11.8 Å². The largest absolute Gasteiger partial charge is 0.378 e. The lowest BCUT2D eigenvalue weighted by Crippen LogP contribution is -2.04. The van der Waals surface area contributed by atoms with Crippen molar-refractivity contribution >= 4 is 18.0 Å². The summed E-state index contributed by atoms with van der Waals surface area (Å²) in [7, 11) is 0. The lowest BCUT2D eigenvalue weighted by atomic mass is 10.2. The van der Waals surface area contributed by atoms with E-state index in [9.17, 15) is 4.79 Å². The third kappa shape index (κ3) is 9.74. The Morgan fingerprint density at radius 3 is 2.31 bits per heavy atom. The minimum atomic E-state index is 0.391. The summed E-state index contributed by atoms with van der Waals surface area (Å²) in [5.74, 6) is 1.11. The lowest BCUT2D eigenvalue weighted by molar-refractivity contribution is 0.0921. The van der Waals surface area contributed by atoms with E-state index in [1.165, 1.54) is 0 Å². The van der Waals surface area contributed by atoms with Gasteiger partial charge in [-0.05, 0) is 20.1 Å². The van der Waals surface area contributed by atoms with Gasteiger partial charge in [0, 0.05) is 11.3 Å². The molecular formula is C13H20O2S. The Bertz CT molecular complexity index is 260. The van der Waals surface area contributed by atoms with Gasteiger partial charge >= 0.3 is 0 Å². The monoisotopic (exact) mass is 240 g/mol. The highest BCUT2D eigenvalue weighted by atomic mass is 32.2. The molecule has 1 aromatic rings. The molecule has 0 aliphatic carbocycles. The summed E-state index contributed by atoms with van der Waals surface area (Å²) in [4.78, 5) is 10.0. The molecule has 0 N–H and O–H groups in total. The van der Waals surface area contributed by atoms with Gasteiger partial charge in [0.25, 0.3) is 0 Å². The molecular weight excluding hydrogens is 220 g/mol. The Morgan fingerprint density at radius 2 is 1.94 bits per heavy atom. The van der Waals surface area contributed by atoms with E-state index in [-0.39, 0.29) is 0 Å². The number of ether oxygens (including phenoxy) is 1. The predicted molar refractivity (Wildman–Crippen MR) is 71.3 cm³/mol. The molecule has 0 bridgehead atoms. The molecule has 0 aliphatic rings. The van der Waals surface area contributed by atoms with E-state index < -0.39 is 0 Å². The van der Waals surface area contributed by atoms with Crippen LogP contribution in [0.1, 0.15) is 24.2 Å². The van der Waals surface area contributed by atoms with E-state index in [1.54, 1.807) is 12.1 Å². The Labute approximate surface area is 102 Å². The SMILES string of the molecule is CSCCOC(C)C.O=Cc1ccccc1. The molecule has 16 heavy (non-hydrogen) atoms. The molecule has 1 rings (SSSR count). The van der Waals surface area contributed by atoms with Gasteiger partial charge in [-0.3, -0.25) is 4.79 Å². The normalized spacial score (nSPS) is 9.50. The topological polar surface area (TPSA) is 26.3 Å². The Kier molecular flexibility index (Phi) is 10.2. The number of carbonyl (C=O) groups excluding carboxylic acids is 1. The van der Waals surface area contributed by atoms with Crippen LogP contribution in [0.4, 0.5) is 0 Å². The van der Waals surface area contributed by atoms with Gasteiger partial charge in [-0.2, -0.15) is 11.8 Å². The number of hydrogen-bond donors (Lipinski definition) is 0. The van der Waals surface area contributed by atoms with Crippen molar-refractivity contribution in [2.45, 2.75) is 20.0 Å². The molecule has 0 aromatic heterocycles. The van der Waals surface area contributed by atoms with E-state index in [1.807, 2.05) is 30.0 Å². The highest BCUT2D eigenvalue weighted by molar-refractivity contribution is 7.98. The molecule has 1 aromatic carbocycles. The second-order valence-electron chi connectivity index (χ2n) is 3.44. The average Bonchev–Trinajstić information content (AvgIpc) is 2.31. The molecule has 0 spiro atoms. The molecule has 0 unspecified atom stereocenters. The number of aldehydes is 1. The molecule has 2 nitrogen and oxygen atoms in total. The molecule has 0 fully saturated rings. The highest BCUT2D eigenvalue weighted by Crippen LogP contribution is 1.93. The number of rotatable bonds is 5. The number of hydrogen-bond acceptors (Lipinski definition) is 3. The second kappa shape index (κ2) is 10.7. The molecule has 0 atom stereocenters. The van der Waals surface area contributed by atoms with Gasteiger partial charge < -0.3 is 4.74 Å². The number of benzene rings is 1. The van der Waals surface area contributed by atoms with E-state index >= 15 is 0 Å². The van der Waals surface area contributed by atoms with Crippen molar-refractivity contribution in [3.8, 4) is 0 Å². The van der Waals surface area contributed by atoms with Gasteiger partial charge in [-0.15, -0.1) is 0 Å². The standard InChI is InChI=1S/C7H6O.C6H14OS/c8-6-7-4-2-1-3-5-7;1-6(2)7-4-5-8-3/h1-6H;6H,4-5H2,1-3H3. The average molecular weight is 240 g/mol. The number of carbonyl (C=O) groups is 1. The van der Waals surface area contributed by atoms with Gasteiger partial charge in [0.15, 0.2) is 0 Å².